The fourth-order valence-corrected chi connectivity index (χ4v) is 2.64. The lowest BCUT2D eigenvalue weighted by Gasteiger charge is -2.15. The van der Waals surface area contributed by atoms with Crippen LogP contribution in [-0.4, -0.2) is 5.11 Å². The van der Waals surface area contributed by atoms with Crippen molar-refractivity contribution in [3.8, 4) is 0 Å². The molecule has 0 bridgehead atoms. The van der Waals surface area contributed by atoms with Gasteiger partial charge in [-0.15, -0.1) is 0 Å². The Balaban J connectivity index is 1.78. The second-order valence-corrected chi connectivity index (χ2v) is 4.93. The van der Waals surface area contributed by atoms with Crippen molar-refractivity contribution in [3.05, 3.63) is 65.0 Å². The minimum absolute atomic E-state index is 0.0613. The third kappa shape index (κ3) is 2.47. The number of aliphatic hydroxyl groups is 1. The van der Waals surface area contributed by atoms with Gasteiger partial charge in [-0.2, -0.15) is 0 Å². The third-order valence-electron chi connectivity index (χ3n) is 3.66. The molecule has 1 unspecified atom stereocenters. The van der Waals surface area contributed by atoms with Gasteiger partial charge in [0, 0.05) is 5.69 Å². The molecule has 2 aromatic rings. The van der Waals surface area contributed by atoms with Crippen LogP contribution >= 0.6 is 0 Å². The van der Waals surface area contributed by atoms with Crippen LogP contribution in [0.15, 0.2) is 42.5 Å². The highest BCUT2D eigenvalue weighted by molar-refractivity contribution is 5.49. The minimum Gasteiger partial charge on any atom is -0.392 e. The van der Waals surface area contributed by atoms with Gasteiger partial charge in [0.05, 0.1) is 12.6 Å². The highest BCUT2D eigenvalue weighted by Gasteiger charge is 2.22. The highest BCUT2D eigenvalue weighted by Crippen LogP contribution is 2.34. The van der Waals surface area contributed by atoms with E-state index < -0.39 is 0 Å². The molecule has 98 valence electrons. The first kappa shape index (κ1) is 12.2. The van der Waals surface area contributed by atoms with Crippen molar-refractivity contribution in [2.45, 2.75) is 25.5 Å². The van der Waals surface area contributed by atoms with Gasteiger partial charge in [0.2, 0.25) is 0 Å². The van der Waals surface area contributed by atoms with Crippen molar-refractivity contribution < 1.29 is 9.50 Å². The Labute approximate surface area is 111 Å². The van der Waals surface area contributed by atoms with E-state index in [1.165, 1.54) is 11.6 Å². The molecule has 0 radical (unpaired) electrons. The van der Waals surface area contributed by atoms with E-state index >= 15 is 0 Å². The molecule has 1 aliphatic rings. The Hall–Kier alpha value is -1.87. The van der Waals surface area contributed by atoms with Gasteiger partial charge in [0.1, 0.15) is 5.82 Å². The number of aryl methyl sites for hydroxylation is 1. The van der Waals surface area contributed by atoms with Crippen LogP contribution in [0.3, 0.4) is 0 Å². The summed E-state index contributed by atoms with van der Waals surface area (Å²) in [6, 6.07) is 13.0. The molecule has 1 aliphatic carbocycles. The molecule has 0 fully saturated rings. The van der Waals surface area contributed by atoms with Crippen LogP contribution in [0.25, 0.3) is 0 Å². The molecule has 2 nitrogen and oxygen atoms in total. The highest BCUT2D eigenvalue weighted by atomic mass is 19.1. The van der Waals surface area contributed by atoms with Gasteiger partial charge < -0.3 is 10.4 Å². The lowest BCUT2D eigenvalue weighted by atomic mass is 10.1. The standard InChI is InChI=1S/C16H16FNO/c17-13-4-7-15-12(9-13)3-8-16(15)18-14-5-1-11(10-19)2-6-14/h1-2,4-7,9,16,18-19H,3,8,10H2. The molecule has 3 heteroatoms. The maximum atomic E-state index is 13.2. The third-order valence-corrected chi connectivity index (χ3v) is 3.66. The predicted octanol–water partition coefficient (Wildman–Crippen LogP) is 3.42. The van der Waals surface area contributed by atoms with Gasteiger partial charge in [0.15, 0.2) is 0 Å². The van der Waals surface area contributed by atoms with Crippen LogP contribution in [-0.2, 0) is 13.0 Å². The first-order chi connectivity index (χ1) is 9.26. The first-order valence-corrected chi connectivity index (χ1v) is 6.51. The maximum Gasteiger partial charge on any atom is 0.123 e. The molecule has 0 aliphatic heterocycles. The fourth-order valence-electron chi connectivity index (χ4n) is 2.64. The van der Waals surface area contributed by atoms with Crippen molar-refractivity contribution in [1.29, 1.82) is 0 Å². The quantitative estimate of drug-likeness (QED) is 0.883. The van der Waals surface area contributed by atoms with Gasteiger partial charge in [-0.1, -0.05) is 18.2 Å². The number of hydrogen-bond donors (Lipinski definition) is 2. The summed E-state index contributed by atoms with van der Waals surface area (Å²) in [5.74, 6) is -0.160. The molecule has 0 heterocycles. The van der Waals surface area contributed by atoms with Crippen LogP contribution in [0.5, 0.6) is 0 Å². The van der Waals surface area contributed by atoms with E-state index in [0.717, 1.165) is 29.7 Å². The van der Waals surface area contributed by atoms with Crippen molar-refractivity contribution >= 4 is 5.69 Å². The number of rotatable bonds is 3. The molecule has 2 N–H and O–H groups in total. The Bertz CT molecular complexity index is 580. The smallest absolute Gasteiger partial charge is 0.123 e. The van der Waals surface area contributed by atoms with Crippen LogP contribution in [0.2, 0.25) is 0 Å². The SMILES string of the molecule is OCc1ccc(NC2CCc3cc(F)ccc32)cc1. The van der Waals surface area contributed by atoms with Gasteiger partial charge in [-0.25, -0.2) is 4.39 Å². The van der Waals surface area contributed by atoms with Crippen molar-refractivity contribution in [1.82, 2.24) is 0 Å². The topological polar surface area (TPSA) is 32.3 Å². The average Bonchev–Trinajstić information content (AvgIpc) is 2.82. The largest absolute Gasteiger partial charge is 0.392 e. The van der Waals surface area contributed by atoms with E-state index in [1.54, 1.807) is 6.07 Å². The molecule has 3 rings (SSSR count). The molecule has 0 aromatic heterocycles. The summed E-state index contributed by atoms with van der Waals surface area (Å²) in [5, 5.41) is 12.5. The lowest BCUT2D eigenvalue weighted by Crippen LogP contribution is -2.07. The summed E-state index contributed by atoms with van der Waals surface area (Å²) in [7, 11) is 0. The summed E-state index contributed by atoms with van der Waals surface area (Å²) in [6.45, 7) is 0.0613. The Morgan fingerprint density at radius 2 is 1.95 bits per heavy atom. The zero-order valence-electron chi connectivity index (χ0n) is 10.6. The van der Waals surface area contributed by atoms with E-state index in [4.69, 9.17) is 5.11 Å². The Morgan fingerprint density at radius 1 is 1.16 bits per heavy atom. The Kier molecular flexibility index (Phi) is 3.22. The van der Waals surface area contributed by atoms with E-state index in [1.807, 2.05) is 30.3 Å². The van der Waals surface area contributed by atoms with Crippen LogP contribution in [0.1, 0.15) is 29.2 Å². The number of benzene rings is 2. The average molecular weight is 257 g/mol. The number of fused-ring (bicyclic) bond motifs is 1. The lowest BCUT2D eigenvalue weighted by molar-refractivity contribution is 0.282. The normalized spacial score (nSPS) is 17.3. The molecule has 0 amide bonds. The molecular weight excluding hydrogens is 241 g/mol. The summed E-state index contributed by atoms with van der Waals surface area (Å²) >= 11 is 0. The number of halogens is 1. The van der Waals surface area contributed by atoms with Gasteiger partial charge in [-0.3, -0.25) is 0 Å². The van der Waals surface area contributed by atoms with E-state index in [2.05, 4.69) is 5.32 Å². The summed E-state index contributed by atoms with van der Waals surface area (Å²) in [6.07, 6.45) is 1.90. The minimum atomic E-state index is -0.160. The zero-order chi connectivity index (χ0) is 13.2. The van der Waals surface area contributed by atoms with Crippen molar-refractivity contribution in [2.24, 2.45) is 0 Å². The molecule has 0 spiro atoms. The monoisotopic (exact) mass is 257 g/mol. The van der Waals surface area contributed by atoms with Crippen LogP contribution in [0, 0.1) is 5.82 Å². The number of nitrogens with one attached hydrogen (secondary N) is 1. The molecular formula is C16H16FNO. The van der Waals surface area contributed by atoms with Gasteiger partial charge in [0.25, 0.3) is 0 Å². The maximum absolute atomic E-state index is 13.2. The van der Waals surface area contributed by atoms with Crippen LogP contribution in [0.4, 0.5) is 10.1 Å². The number of hydrogen-bond acceptors (Lipinski definition) is 2. The molecule has 19 heavy (non-hydrogen) atoms. The van der Waals surface area contributed by atoms with E-state index in [-0.39, 0.29) is 18.5 Å². The van der Waals surface area contributed by atoms with Gasteiger partial charge >= 0.3 is 0 Å². The van der Waals surface area contributed by atoms with Gasteiger partial charge in [-0.05, 0) is 53.8 Å². The molecule has 2 aromatic carbocycles. The second kappa shape index (κ2) is 5.02. The fraction of sp³-hybridized carbons (Fsp3) is 0.250. The first-order valence-electron chi connectivity index (χ1n) is 6.51. The van der Waals surface area contributed by atoms with Crippen LogP contribution < -0.4 is 5.32 Å². The summed E-state index contributed by atoms with van der Waals surface area (Å²) in [4.78, 5) is 0. The zero-order valence-corrected chi connectivity index (χ0v) is 10.6. The van der Waals surface area contributed by atoms with Crippen molar-refractivity contribution in [2.75, 3.05) is 5.32 Å². The van der Waals surface area contributed by atoms with E-state index in [0.29, 0.717) is 0 Å². The Morgan fingerprint density at radius 3 is 2.68 bits per heavy atom. The number of aliphatic hydroxyl groups excluding tert-OH is 1. The summed E-state index contributed by atoms with van der Waals surface area (Å²) < 4.78 is 13.2. The molecule has 1 atom stereocenters. The molecule has 0 saturated heterocycles. The second-order valence-electron chi connectivity index (χ2n) is 4.93. The molecule has 0 saturated carbocycles. The summed E-state index contributed by atoms with van der Waals surface area (Å²) in [5.41, 5.74) is 4.22. The van der Waals surface area contributed by atoms with E-state index in [9.17, 15) is 4.39 Å². The van der Waals surface area contributed by atoms with Crippen molar-refractivity contribution in [3.63, 3.8) is 0 Å². The number of anilines is 1. The predicted molar refractivity (Wildman–Crippen MR) is 73.4 cm³/mol.